The summed E-state index contributed by atoms with van der Waals surface area (Å²) in [7, 11) is 0. The van der Waals surface area contributed by atoms with Gasteiger partial charge in [0.15, 0.2) is 5.78 Å². The number of hydrogen-bond acceptors (Lipinski definition) is 8. The fraction of sp³-hybridized carbons (Fsp3) is 0.0606. The molecular weight excluding hydrogens is 2070 g/mol. The molecule has 16 aromatic rings. The molecule has 0 aliphatic carbocycles. The van der Waals surface area contributed by atoms with Crippen molar-refractivity contribution in [1.29, 1.82) is 0 Å². The molecule has 12 heteroatoms. The van der Waals surface area contributed by atoms with Crippen molar-refractivity contribution < 1.29 is 90.3 Å². The summed E-state index contributed by atoms with van der Waals surface area (Å²) in [6.07, 6.45) is 12.0. The minimum atomic E-state index is -0.0949. The predicted molar refractivity (Wildman–Crippen MR) is 439 cm³/mol. The molecule has 0 amide bonds. The Morgan fingerprint density at radius 1 is 0.297 bits per heavy atom. The average Bonchev–Trinajstić information content (AvgIpc) is 0.861. The number of carbonyl (C=O) groups is 1. The number of hydrogen-bond donors (Lipinski definition) is 1. The summed E-state index contributed by atoms with van der Waals surface area (Å²) < 4.78 is 0. The van der Waals surface area contributed by atoms with Gasteiger partial charge >= 0.3 is 0 Å². The molecular formula is C99H80Ir4N6O2-6. The van der Waals surface area contributed by atoms with Crippen molar-refractivity contribution >= 4 is 5.78 Å². The van der Waals surface area contributed by atoms with Crippen LogP contribution >= 0.6 is 0 Å². The van der Waals surface area contributed by atoms with E-state index < -0.39 is 0 Å². The third-order valence-electron chi connectivity index (χ3n) is 16.5. The zero-order chi connectivity index (χ0) is 74.6. The topological polar surface area (TPSA) is 115 Å². The van der Waals surface area contributed by atoms with Gasteiger partial charge in [0, 0.05) is 129 Å². The van der Waals surface area contributed by atoms with Crippen molar-refractivity contribution in [1.82, 2.24) is 29.9 Å². The van der Waals surface area contributed by atoms with E-state index in [1.807, 2.05) is 249 Å². The number of rotatable bonds is 11. The number of pyridine rings is 6. The van der Waals surface area contributed by atoms with Crippen LogP contribution in [0.25, 0.3) is 112 Å². The van der Waals surface area contributed by atoms with Crippen molar-refractivity contribution in [3.63, 3.8) is 0 Å². The predicted octanol–water partition coefficient (Wildman–Crippen LogP) is 24.2. The molecule has 16 rings (SSSR count). The molecule has 0 aliphatic heterocycles. The van der Waals surface area contributed by atoms with Crippen LogP contribution in [0.2, 0.25) is 0 Å². The number of aliphatic hydroxyl groups excluding tert-OH is 1. The van der Waals surface area contributed by atoms with Crippen molar-refractivity contribution in [2.45, 2.75) is 41.5 Å². The smallest absolute Gasteiger partial charge is 0.158 e. The Kier molecular flexibility index (Phi) is 38.8. The number of benzene rings is 10. The molecule has 8 nitrogen and oxygen atoms in total. The Morgan fingerprint density at radius 3 is 1.02 bits per heavy atom. The molecule has 0 fully saturated rings. The van der Waals surface area contributed by atoms with E-state index in [0.717, 1.165) is 84.9 Å². The first-order valence-corrected chi connectivity index (χ1v) is 35.0. The summed E-state index contributed by atoms with van der Waals surface area (Å²) in [6.45, 7) is 11.3. The van der Waals surface area contributed by atoms with Crippen LogP contribution in [0.3, 0.4) is 0 Å². The van der Waals surface area contributed by atoms with Gasteiger partial charge in [-0.05, 0) is 131 Å². The van der Waals surface area contributed by atoms with E-state index in [1.165, 1.54) is 62.6 Å². The van der Waals surface area contributed by atoms with E-state index in [0.29, 0.717) is 5.57 Å². The second-order valence-electron chi connectivity index (χ2n) is 24.6. The molecule has 560 valence electrons. The van der Waals surface area contributed by atoms with Crippen LogP contribution in [-0.4, -0.2) is 40.8 Å². The number of nitrogens with zero attached hydrogens (tertiary/aromatic N) is 6. The van der Waals surface area contributed by atoms with Crippen LogP contribution in [0.5, 0.6) is 0 Å². The van der Waals surface area contributed by atoms with E-state index in [1.54, 1.807) is 19.3 Å². The average molecular weight is 2150 g/mol. The van der Waals surface area contributed by atoms with Crippen LogP contribution in [0.1, 0.15) is 36.1 Å². The van der Waals surface area contributed by atoms with Crippen molar-refractivity contribution in [3.8, 4) is 112 Å². The zero-order valence-electron chi connectivity index (χ0n) is 62.1. The Morgan fingerprint density at radius 2 is 0.658 bits per heavy atom. The standard InChI is InChI=1S/C19H16N.2C18H14N.C17H12N.2C11H8N.C5H8O2.4Ir/c1-14-10-15(2)12-18(11-14)19-9-8-17(13-20-19)16-6-4-3-5-7-16;1-14-12-18(16-10-6-3-7-11-16)19-13-17(14)15-8-4-2-5-9-15;1-14-7-9-15(10-8-14)17-11-12-19-18(13-17)16-5-3-2-4-6-16;1-3-7-14(8-4-1)16-11-12-18-17(13-16)15-9-5-2-6-10-15;2*1-2-6-10(7-3-1)11-8-4-5-9-12-11;1-4(3-6)5(2)7;;;;/h3-11,13H,1-2H3;2-10,12-13H,1H3;2-5,7-13H,1H3;1-9,11-13H;2*1-6,8-9H;3,6H,1-2H3;;;;/q6*-1;;;;;. The van der Waals surface area contributed by atoms with Crippen molar-refractivity contribution in [3.05, 3.63) is 435 Å². The van der Waals surface area contributed by atoms with E-state index in [9.17, 15) is 4.79 Å². The van der Waals surface area contributed by atoms with Gasteiger partial charge in [-0.2, -0.15) is 0 Å². The van der Waals surface area contributed by atoms with Gasteiger partial charge in [-0.25, -0.2) is 0 Å². The van der Waals surface area contributed by atoms with Gasteiger partial charge in [-0.1, -0.05) is 189 Å². The molecule has 111 heavy (non-hydrogen) atoms. The Labute approximate surface area is 708 Å². The summed E-state index contributed by atoms with van der Waals surface area (Å²) in [4.78, 5) is 36.5. The summed E-state index contributed by atoms with van der Waals surface area (Å²) in [5, 5.41) is 8.12. The molecule has 6 aromatic heterocycles. The summed E-state index contributed by atoms with van der Waals surface area (Å²) in [5.74, 6) is -0.0949. The number of aryl methyl sites for hydroxylation is 4. The van der Waals surface area contributed by atoms with Gasteiger partial charge in [0.05, 0.1) is 6.26 Å². The van der Waals surface area contributed by atoms with Gasteiger partial charge in [-0.15, -0.1) is 214 Å². The molecule has 0 atom stereocenters. The number of carbonyl (C=O) groups excluding carboxylic acids is 1. The third-order valence-corrected chi connectivity index (χ3v) is 16.5. The molecule has 0 unspecified atom stereocenters. The molecule has 0 bridgehead atoms. The number of ketones is 1. The zero-order valence-corrected chi connectivity index (χ0v) is 71.7. The fourth-order valence-corrected chi connectivity index (χ4v) is 10.8. The monoisotopic (exact) mass is 2160 g/mol. The third kappa shape index (κ3) is 28.7. The summed E-state index contributed by atoms with van der Waals surface area (Å²) >= 11 is 0. The first-order valence-electron chi connectivity index (χ1n) is 35.0. The Bertz CT molecular complexity index is 5100. The van der Waals surface area contributed by atoms with Gasteiger partial charge in [0.2, 0.25) is 0 Å². The Balaban J connectivity index is 0.000000204. The van der Waals surface area contributed by atoms with E-state index >= 15 is 0 Å². The van der Waals surface area contributed by atoms with Crippen molar-refractivity contribution in [2.24, 2.45) is 0 Å². The quantitative estimate of drug-likeness (QED) is 0.0774. The molecule has 1 N–H and O–H groups in total. The van der Waals surface area contributed by atoms with E-state index in [2.05, 4.69) is 197 Å². The van der Waals surface area contributed by atoms with Gasteiger partial charge < -0.3 is 35.0 Å². The maximum atomic E-state index is 10.1. The van der Waals surface area contributed by atoms with Crippen LogP contribution in [-0.2, 0) is 85.2 Å². The van der Waals surface area contributed by atoms with Crippen LogP contribution in [0.15, 0.2) is 377 Å². The van der Waals surface area contributed by atoms with E-state index in [4.69, 9.17) is 5.11 Å². The Hall–Kier alpha value is -11.1. The van der Waals surface area contributed by atoms with E-state index in [-0.39, 0.29) is 86.2 Å². The molecule has 0 spiro atoms. The molecule has 0 aliphatic rings. The summed E-state index contributed by atoms with van der Waals surface area (Å²) in [6, 6.07) is 129. The molecule has 0 saturated carbocycles. The molecule has 10 aromatic carbocycles. The first-order chi connectivity index (χ1) is 52.4. The normalized spacial score (nSPS) is 9.91. The molecule has 6 heterocycles. The van der Waals surface area contributed by atoms with Crippen LogP contribution in [0.4, 0.5) is 0 Å². The van der Waals surface area contributed by atoms with Crippen molar-refractivity contribution in [2.75, 3.05) is 0 Å². The van der Waals surface area contributed by atoms with Crippen LogP contribution in [0, 0.1) is 64.1 Å². The summed E-state index contributed by atoms with van der Waals surface area (Å²) in [5.41, 5.74) is 26.8. The SMILES string of the molecule is CC(=O)C(C)=CO.Cc1[c-]c(-c2ccc(-c3ccccc3)cn2)cc(C)c1.Cc1cc(-c2[c-]cccc2)ncc1-c1ccccc1.Cc1ccc(-c2ccnc(-c3[c-]cccc3)c2)cc1.[Ir].[Ir].[Ir].[Ir].[c-]1ccccc1-c1cc(-c2ccccc2)ccn1.[c-]1ccccc1-c1ccccn1.[c-]1ccccc1-c1ccccn1. The second-order valence-corrected chi connectivity index (χ2v) is 24.6. The fourth-order valence-electron chi connectivity index (χ4n) is 10.8. The van der Waals surface area contributed by atoms with Crippen LogP contribution < -0.4 is 0 Å². The first kappa shape index (κ1) is 88.8. The van der Waals surface area contributed by atoms with Gasteiger partial charge in [-0.3, -0.25) is 4.79 Å². The maximum Gasteiger partial charge on any atom is 0.158 e. The number of aliphatic hydroxyl groups is 1. The minimum absolute atomic E-state index is 0. The largest absolute Gasteiger partial charge is 0.515 e. The molecule has 4 radical (unpaired) electrons. The van der Waals surface area contributed by atoms with Gasteiger partial charge in [0.25, 0.3) is 0 Å². The molecule has 0 saturated heterocycles. The number of Topliss-reactive ketones (excluding diaryl/α,β-unsaturated/α-hetero) is 1. The number of allylic oxidation sites excluding steroid dienone is 1. The van der Waals surface area contributed by atoms with Gasteiger partial charge in [0.1, 0.15) is 0 Å². The maximum absolute atomic E-state index is 10.1. The number of aromatic nitrogens is 6. The minimum Gasteiger partial charge on any atom is -0.515 e. The second kappa shape index (κ2) is 48.4.